The second-order valence-electron chi connectivity index (χ2n) is 5.30. The first-order valence-electron chi connectivity index (χ1n) is 6.60. The Morgan fingerprint density at radius 2 is 1.83 bits per heavy atom. The normalized spacial score (nSPS) is 32.7. The summed E-state index contributed by atoms with van der Waals surface area (Å²) in [6.07, 6.45) is -0.413. The smallest absolute Gasteiger partial charge is 0.184 e. The van der Waals surface area contributed by atoms with Gasteiger partial charge in [0.25, 0.3) is 0 Å². The number of hydrogen-bond donors (Lipinski definition) is 1. The van der Waals surface area contributed by atoms with Crippen LogP contribution in [0.3, 0.4) is 0 Å². The molecule has 2 rings (SSSR count). The van der Waals surface area contributed by atoms with Crippen molar-refractivity contribution < 1.29 is 14.6 Å². The molecule has 1 N–H and O–H groups in total. The standard InChI is InChI=1S/C15H22O3/c1-10(2)14-11(3)13(9-16)17-15(18-14)12-7-5-4-6-8-12/h4-8,10-11,13-16H,9H2,1-3H3/t11-,13-,14+,15-/m1/s1. The van der Waals surface area contributed by atoms with E-state index < -0.39 is 0 Å². The van der Waals surface area contributed by atoms with Crippen molar-refractivity contribution in [2.24, 2.45) is 11.8 Å². The minimum atomic E-state index is -0.369. The quantitative estimate of drug-likeness (QED) is 0.896. The minimum absolute atomic E-state index is 0.0388. The van der Waals surface area contributed by atoms with Crippen LogP contribution in [0.2, 0.25) is 0 Å². The minimum Gasteiger partial charge on any atom is -0.394 e. The van der Waals surface area contributed by atoms with Gasteiger partial charge in [0, 0.05) is 11.5 Å². The third-order valence-electron chi connectivity index (χ3n) is 3.59. The molecule has 0 radical (unpaired) electrons. The number of ether oxygens (including phenoxy) is 2. The van der Waals surface area contributed by atoms with Crippen LogP contribution in [-0.4, -0.2) is 23.9 Å². The Bertz CT molecular complexity index is 363. The van der Waals surface area contributed by atoms with Crippen LogP contribution in [0.15, 0.2) is 30.3 Å². The number of benzene rings is 1. The van der Waals surface area contributed by atoms with E-state index in [1.807, 2.05) is 30.3 Å². The van der Waals surface area contributed by atoms with Crippen LogP contribution in [0.4, 0.5) is 0 Å². The molecule has 1 aliphatic rings. The van der Waals surface area contributed by atoms with E-state index in [9.17, 15) is 5.11 Å². The van der Waals surface area contributed by atoms with Gasteiger partial charge in [-0.15, -0.1) is 0 Å². The lowest BCUT2D eigenvalue weighted by Gasteiger charge is -2.42. The van der Waals surface area contributed by atoms with E-state index in [1.54, 1.807) is 0 Å². The van der Waals surface area contributed by atoms with Gasteiger partial charge in [0.15, 0.2) is 6.29 Å². The lowest BCUT2D eigenvalue weighted by molar-refractivity contribution is -0.284. The largest absolute Gasteiger partial charge is 0.394 e. The highest BCUT2D eigenvalue weighted by molar-refractivity contribution is 5.16. The monoisotopic (exact) mass is 250 g/mol. The molecule has 0 bridgehead atoms. The average molecular weight is 250 g/mol. The summed E-state index contributed by atoms with van der Waals surface area (Å²) >= 11 is 0. The van der Waals surface area contributed by atoms with E-state index in [1.165, 1.54) is 0 Å². The van der Waals surface area contributed by atoms with E-state index in [0.717, 1.165) is 5.56 Å². The van der Waals surface area contributed by atoms with Gasteiger partial charge in [-0.1, -0.05) is 51.1 Å². The summed E-state index contributed by atoms with van der Waals surface area (Å²) in [6, 6.07) is 9.90. The molecule has 0 spiro atoms. The highest BCUT2D eigenvalue weighted by Gasteiger charge is 2.38. The summed E-state index contributed by atoms with van der Waals surface area (Å²) in [5.74, 6) is 0.610. The molecular weight excluding hydrogens is 228 g/mol. The third-order valence-corrected chi connectivity index (χ3v) is 3.59. The fourth-order valence-electron chi connectivity index (χ4n) is 2.53. The molecule has 4 atom stereocenters. The van der Waals surface area contributed by atoms with Crippen molar-refractivity contribution in [3.63, 3.8) is 0 Å². The summed E-state index contributed by atoms with van der Waals surface area (Å²) in [4.78, 5) is 0. The van der Waals surface area contributed by atoms with E-state index in [2.05, 4.69) is 20.8 Å². The predicted molar refractivity (Wildman–Crippen MR) is 70.0 cm³/mol. The molecule has 0 aliphatic carbocycles. The Hall–Kier alpha value is -0.900. The summed E-state index contributed by atoms with van der Waals surface area (Å²) in [7, 11) is 0. The Morgan fingerprint density at radius 1 is 1.17 bits per heavy atom. The summed E-state index contributed by atoms with van der Waals surface area (Å²) in [5, 5.41) is 9.45. The van der Waals surface area contributed by atoms with Crippen molar-refractivity contribution in [2.45, 2.75) is 39.3 Å². The Morgan fingerprint density at radius 3 is 2.39 bits per heavy atom. The van der Waals surface area contributed by atoms with E-state index in [4.69, 9.17) is 9.47 Å². The van der Waals surface area contributed by atoms with Gasteiger partial charge in [0.05, 0.1) is 18.8 Å². The van der Waals surface area contributed by atoms with Crippen molar-refractivity contribution in [2.75, 3.05) is 6.61 Å². The number of aliphatic hydroxyl groups is 1. The van der Waals surface area contributed by atoms with Crippen LogP contribution < -0.4 is 0 Å². The zero-order chi connectivity index (χ0) is 13.1. The number of aliphatic hydroxyl groups excluding tert-OH is 1. The fraction of sp³-hybridized carbons (Fsp3) is 0.600. The SMILES string of the molecule is CC(C)[C@@H]1O[C@H](c2ccccc2)O[C@H](CO)[C@H]1C. The number of hydrogen-bond acceptors (Lipinski definition) is 3. The highest BCUT2D eigenvalue weighted by Crippen LogP contribution is 2.35. The molecule has 3 heteroatoms. The van der Waals surface area contributed by atoms with Crippen molar-refractivity contribution in [3.8, 4) is 0 Å². The molecule has 0 unspecified atom stereocenters. The molecule has 1 saturated heterocycles. The zero-order valence-electron chi connectivity index (χ0n) is 11.2. The second kappa shape index (κ2) is 5.83. The molecule has 3 nitrogen and oxygen atoms in total. The molecule has 0 saturated carbocycles. The molecule has 0 amide bonds. The van der Waals surface area contributed by atoms with Gasteiger partial charge in [-0.25, -0.2) is 0 Å². The fourth-order valence-corrected chi connectivity index (χ4v) is 2.53. The van der Waals surface area contributed by atoms with Gasteiger partial charge in [-0.2, -0.15) is 0 Å². The molecule has 100 valence electrons. The van der Waals surface area contributed by atoms with Crippen molar-refractivity contribution in [3.05, 3.63) is 35.9 Å². The maximum atomic E-state index is 9.45. The molecule has 18 heavy (non-hydrogen) atoms. The van der Waals surface area contributed by atoms with Crippen LogP contribution in [-0.2, 0) is 9.47 Å². The molecular formula is C15H22O3. The molecule has 1 fully saturated rings. The summed E-state index contributed by atoms with van der Waals surface area (Å²) < 4.78 is 11.9. The van der Waals surface area contributed by atoms with Crippen LogP contribution in [0.5, 0.6) is 0 Å². The third kappa shape index (κ3) is 2.74. The maximum absolute atomic E-state index is 9.45. The predicted octanol–water partition coefficient (Wildman–Crippen LogP) is 2.75. The zero-order valence-corrected chi connectivity index (χ0v) is 11.2. The molecule has 1 aromatic carbocycles. The van der Waals surface area contributed by atoms with Crippen molar-refractivity contribution in [1.82, 2.24) is 0 Å². The van der Waals surface area contributed by atoms with Crippen LogP contribution in [0.25, 0.3) is 0 Å². The van der Waals surface area contributed by atoms with E-state index in [0.29, 0.717) is 5.92 Å². The topological polar surface area (TPSA) is 38.7 Å². The van der Waals surface area contributed by atoms with Crippen molar-refractivity contribution in [1.29, 1.82) is 0 Å². The van der Waals surface area contributed by atoms with Crippen LogP contribution in [0.1, 0.15) is 32.6 Å². The van der Waals surface area contributed by atoms with Gasteiger partial charge in [0.2, 0.25) is 0 Å². The summed E-state index contributed by atoms with van der Waals surface area (Å²) in [6.45, 7) is 6.40. The van der Waals surface area contributed by atoms with Gasteiger partial charge >= 0.3 is 0 Å². The first-order valence-corrected chi connectivity index (χ1v) is 6.60. The Labute approximate surface area is 109 Å². The average Bonchev–Trinajstić information content (AvgIpc) is 2.39. The van der Waals surface area contributed by atoms with Crippen molar-refractivity contribution >= 4 is 0 Å². The maximum Gasteiger partial charge on any atom is 0.184 e. The Kier molecular flexibility index (Phi) is 4.38. The highest BCUT2D eigenvalue weighted by atomic mass is 16.7. The molecule has 0 aromatic heterocycles. The van der Waals surface area contributed by atoms with Gasteiger partial charge in [-0.05, 0) is 5.92 Å². The molecule has 1 aliphatic heterocycles. The second-order valence-corrected chi connectivity index (χ2v) is 5.30. The van der Waals surface area contributed by atoms with Crippen LogP contribution in [0, 0.1) is 11.8 Å². The van der Waals surface area contributed by atoms with Gasteiger partial charge in [0.1, 0.15) is 0 Å². The lowest BCUT2D eigenvalue weighted by Crippen LogP contribution is -2.45. The van der Waals surface area contributed by atoms with E-state index in [-0.39, 0.29) is 31.0 Å². The van der Waals surface area contributed by atoms with Gasteiger partial charge in [-0.3, -0.25) is 0 Å². The van der Waals surface area contributed by atoms with Crippen LogP contribution >= 0.6 is 0 Å². The van der Waals surface area contributed by atoms with E-state index >= 15 is 0 Å². The first kappa shape index (κ1) is 13.5. The first-order chi connectivity index (χ1) is 8.63. The lowest BCUT2D eigenvalue weighted by atomic mass is 9.89. The molecule has 1 heterocycles. The van der Waals surface area contributed by atoms with Gasteiger partial charge < -0.3 is 14.6 Å². The summed E-state index contributed by atoms with van der Waals surface area (Å²) in [5.41, 5.74) is 1.01. The Balaban J connectivity index is 2.18. The molecule has 1 aromatic rings. The number of rotatable bonds is 3.